The monoisotopic (exact) mass is 1190 g/mol. The number of carboxylic acids is 1. The van der Waals surface area contributed by atoms with Crippen molar-refractivity contribution in [3.05, 3.63) is 109 Å². The zero-order chi connectivity index (χ0) is 61.9. The molecule has 0 radical (unpaired) electrons. The number of nitrogens with zero attached hydrogens (tertiary/aromatic N) is 1. The van der Waals surface area contributed by atoms with Crippen LogP contribution in [0.2, 0.25) is 0 Å². The van der Waals surface area contributed by atoms with E-state index in [0.29, 0.717) is 17.4 Å². The number of quaternary nitrogens is 1. The fraction of sp³-hybridized carbons (Fsp3) is 0.724. The van der Waals surface area contributed by atoms with Crippen LogP contribution in [0.4, 0.5) is 0 Å². The average molecular weight is 1190 g/mol. The van der Waals surface area contributed by atoms with Gasteiger partial charge in [-0.15, -0.1) is 0 Å². The predicted molar refractivity (Wildman–Crippen MR) is 361 cm³/mol. The second-order valence-electron chi connectivity index (χ2n) is 24.4. The molecule has 0 spiro atoms. The lowest BCUT2D eigenvalue weighted by Gasteiger charge is -2.26. The molecule has 0 heterocycles. The minimum atomic E-state index is -1.63. The van der Waals surface area contributed by atoms with Crippen LogP contribution in [0.5, 0.6) is 0 Å². The molecule has 0 aromatic rings. The van der Waals surface area contributed by atoms with E-state index in [1.807, 2.05) is 21.1 Å². The fourth-order valence-corrected chi connectivity index (χ4v) is 9.67. The van der Waals surface area contributed by atoms with Gasteiger partial charge in [0, 0.05) is 12.8 Å². The third kappa shape index (κ3) is 67.3. The summed E-state index contributed by atoms with van der Waals surface area (Å²) in [6.45, 7) is 4.63. The van der Waals surface area contributed by atoms with Crippen LogP contribution in [0.3, 0.4) is 0 Å². The van der Waals surface area contributed by atoms with E-state index < -0.39 is 24.3 Å². The average Bonchev–Trinajstić information content (AvgIpc) is 3.48. The Balaban J connectivity index is 4.15. The second-order valence-corrected chi connectivity index (χ2v) is 24.4. The molecule has 2 atom stereocenters. The summed E-state index contributed by atoms with van der Waals surface area (Å²) in [5, 5.41) is 11.8. The van der Waals surface area contributed by atoms with E-state index in [-0.39, 0.29) is 38.6 Å². The second kappa shape index (κ2) is 65.9. The highest BCUT2D eigenvalue weighted by Crippen LogP contribution is 2.17. The van der Waals surface area contributed by atoms with Crippen molar-refractivity contribution in [2.24, 2.45) is 0 Å². The van der Waals surface area contributed by atoms with Gasteiger partial charge in [0.15, 0.2) is 12.4 Å². The molecule has 2 unspecified atom stereocenters. The van der Waals surface area contributed by atoms with Gasteiger partial charge < -0.3 is 33.3 Å². The molecule has 0 saturated heterocycles. The van der Waals surface area contributed by atoms with Crippen molar-refractivity contribution in [3.63, 3.8) is 0 Å². The molecule has 9 nitrogen and oxygen atoms in total. The van der Waals surface area contributed by atoms with E-state index in [1.54, 1.807) is 0 Å². The van der Waals surface area contributed by atoms with E-state index >= 15 is 0 Å². The number of likely N-dealkylation sites (N-methyl/N-ethyl adjacent to an activating group) is 1. The first-order valence-electron chi connectivity index (χ1n) is 35.0. The van der Waals surface area contributed by atoms with Crippen LogP contribution in [0, 0.1) is 0 Å². The summed E-state index contributed by atoms with van der Waals surface area (Å²) in [6, 6.07) is 0. The first-order valence-corrected chi connectivity index (χ1v) is 35.0. The van der Waals surface area contributed by atoms with Gasteiger partial charge in [-0.25, -0.2) is 0 Å². The van der Waals surface area contributed by atoms with Gasteiger partial charge in [-0.1, -0.05) is 290 Å². The van der Waals surface area contributed by atoms with E-state index in [0.717, 1.165) is 96.3 Å². The standard InChI is InChI=1S/C76H131NO8/c1-6-8-10-12-14-16-18-20-22-24-26-28-30-32-34-36-37-39-40-42-44-46-48-50-52-54-56-58-60-62-64-66-73(78)83-70-72(71-84-76(75(80)81)82-69-68-77(3,4)5)85-74(79)67-65-63-61-59-57-55-53-51-49-47-45-43-41-38-35-33-31-29-27-25-23-21-19-17-15-13-11-9-7-2/h9,11,15,17-18,20-21,23-24,26-27,29,33,35,41,43,47,49,72,76H,6-8,10,12-14,16,19,22,25,28,30-32,34,36-40,42,44-46,48,50-71H2,1-5H3/b11-9-,17-15-,20-18-,23-21-,26-24-,29-27-,35-33-,43-41-,49-47-. The first kappa shape index (κ1) is 81.0. The first-order chi connectivity index (χ1) is 41.6. The number of rotatable bonds is 64. The number of hydrogen-bond acceptors (Lipinski definition) is 8. The van der Waals surface area contributed by atoms with Gasteiger partial charge in [-0.05, 0) is 103 Å². The molecule has 0 aliphatic rings. The van der Waals surface area contributed by atoms with Crippen LogP contribution in [0.1, 0.15) is 296 Å². The Morgan fingerprint density at radius 3 is 1.00 bits per heavy atom. The Morgan fingerprint density at radius 2 is 0.671 bits per heavy atom. The topological polar surface area (TPSA) is 111 Å². The normalized spacial score (nSPS) is 13.4. The lowest BCUT2D eigenvalue weighted by molar-refractivity contribution is -0.870. The lowest BCUT2D eigenvalue weighted by Crippen LogP contribution is -2.44. The van der Waals surface area contributed by atoms with Crippen molar-refractivity contribution >= 4 is 17.9 Å². The molecule has 9 heteroatoms. The smallest absolute Gasteiger partial charge is 0.306 e. The number of allylic oxidation sites excluding steroid dienone is 18. The maximum atomic E-state index is 12.9. The highest BCUT2D eigenvalue weighted by molar-refractivity contribution is 5.70. The van der Waals surface area contributed by atoms with Crippen molar-refractivity contribution in [1.29, 1.82) is 0 Å². The van der Waals surface area contributed by atoms with Crippen molar-refractivity contribution in [2.75, 3.05) is 47.5 Å². The van der Waals surface area contributed by atoms with Gasteiger partial charge in [0.2, 0.25) is 0 Å². The van der Waals surface area contributed by atoms with Gasteiger partial charge >= 0.3 is 11.9 Å². The van der Waals surface area contributed by atoms with Crippen LogP contribution in [0.15, 0.2) is 109 Å². The van der Waals surface area contributed by atoms with Gasteiger partial charge in [0.05, 0.1) is 40.3 Å². The number of carboxylic acid groups (broad SMARTS) is 1. The molecule has 0 aliphatic carbocycles. The van der Waals surface area contributed by atoms with Gasteiger partial charge in [-0.2, -0.15) is 0 Å². The summed E-state index contributed by atoms with van der Waals surface area (Å²) in [5.41, 5.74) is 0. The summed E-state index contributed by atoms with van der Waals surface area (Å²) in [6.07, 6.45) is 88.8. The predicted octanol–water partition coefficient (Wildman–Crippen LogP) is 20.5. The zero-order valence-electron chi connectivity index (χ0n) is 55.7. The molecule has 488 valence electrons. The number of carbonyl (C=O) groups excluding carboxylic acids is 3. The van der Waals surface area contributed by atoms with Crippen molar-refractivity contribution in [3.8, 4) is 0 Å². The maximum absolute atomic E-state index is 12.9. The Labute approximate surface area is 524 Å². The summed E-state index contributed by atoms with van der Waals surface area (Å²) in [7, 11) is 5.92. The number of hydrogen-bond donors (Lipinski definition) is 0. The molecule has 0 aromatic carbocycles. The van der Waals surface area contributed by atoms with Crippen molar-refractivity contribution in [2.45, 2.75) is 309 Å². The Morgan fingerprint density at radius 1 is 0.365 bits per heavy atom. The summed E-state index contributed by atoms with van der Waals surface area (Å²) >= 11 is 0. The Hall–Kier alpha value is -4.05. The Bertz CT molecular complexity index is 1760. The summed E-state index contributed by atoms with van der Waals surface area (Å²) < 4.78 is 22.8. The molecule has 0 amide bonds. The molecule has 0 fully saturated rings. The third-order valence-electron chi connectivity index (χ3n) is 15.0. The summed E-state index contributed by atoms with van der Waals surface area (Å²) in [5.74, 6) is -2.29. The molecular weight excluding hydrogens is 1050 g/mol. The number of ether oxygens (including phenoxy) is 4. The summed E-state index contributed by atoms with van der Waals surface area (Å²) in [4.78, 5) is 37.5. The Kier molecular flexibility index (Phi) is 62.8. The quantitative estimate of drug-likeness (QED) is 0.0195. The van der Waals surface area contributed by atoms with Crippen LogP contribution >= 0.6 is 0 Å². The highest BCUT2D eigenvalue weighted by atomic mass is 16.7. The van der Waals surface area contributed by atoms with Crippen molar-refractivity contribution < 1.29 is 42.9 Å². The molecule has 85 heavy (non-hydrogen) atoms. The fourth-order valence-electron chi connectivity index (χ4n) is 9.67. The minimum absolute atomic E-state index is 0.141. The van der Waals surface area contributed by atoms with Gasteiger partial charge in [0.1, 0.15) is 13.2 Å². The molecule has 0 aliphatic heterocycles. The third-order valence-corrected chi connectivity index (χ3v) is 15.0. The van der Waals surface area contributed by atoms with E-state index in [1.165, 1.54) is 167 Å². The molecular formula is C76H131NO8. The number of carbonyl (C=O) groups is 3. The van der Waals surface area contributed by atoms with E-state index in [4.69, 9.17) is 18.9 Å². The zero-order valence-corrected chi connectivity index (χ0v) is 55.7. The van der Waals surface area contributed by atoms with Gasteiger partial charge in [-0.3, -0.25) is 9.59 Å². The van der Waals surface area contributed by atoms with Gasteiger partial charge in [0.25, 0.3) is 0 Å². The number of aliphatic carboxylic acids is 1. The van der Waals surface area contributed by atoms with E-state index in [2.05, 4.69) is 123 Å². The highest BCUT2D eigenvalue weighted by Gasteiger charge is 2.22. The number of unbranched alkanes of at least 4 members (excludes halogenated alkanes) is 31. The van der Waals surface area contributed by atoms with E-state index in [9.17, 15) is 19.5 Å². The van der Waals surface area contributed by atoms with Crippen LogP contribution in [-0.2, 0) is 33.3 Å². The maximum Gasteiger partial charge on any atom is 0.306 e. The molecule has 0 aromatic heterocycles. The van der Waals surface area contributed by atoms with Crippen LogP contribution in [0.25, 0.3) is 0 Å². The number of esters is 2. The molecule has 0 rings (SSSR count). The minimum Gasteiger partial charge on any atom is -0.545 e. The molecule has 0 N–H and O–H groups in total. The SMILES string of the molecule is CC/C=C\C/C=C\C/C=C\C/C=C\C/C=C\C/C=C\C/C=C\CCCCCCCCCC(=O)OC(COC(=O)CCCCCCCCCCCCCCCCCCCCC/C=C\C/C=C\CCCCCCC)COC(OCC[N+](C)(C)C)C(=O)[O-]. The molecule has 0 bridgehead atoms. The van der Waals surface area contributed by atoms with Crippen molar-refractivity contribution in [1.82, 2.24) is 0 Å². The largest absolute Gasteiger partial charge is 0.545 e. The lowest BCUT2D eigenvalue weighted by atomic mass is 10.0. The van der Waals surface area contributed by atoms with Crippen LogP contribution < -0.4 is 5.11 Å². The van der Waals surface area contributed by atoms with Crippen LogP contribution in [-0.4, -0.2) is 82.3 Å². The molecule has 0 saturated carbocycles.